The molecule has 0 spiro atoms. The first kappa shape index (κ1) is 13.7. The summed E-state index contributed by atoms with van der Waals surface area (Å²) in [6.45, 7) is 1.39. The third-order valence-electron chi connectivity index (χ3n) is 1.87. The van der Waals surface area contributed by atoms with E-state index in [9.17, 15) is 10.1 Å². The van der Waals surface area contributed by atoms with Gasteiger partial charge in [0.05, 0.1) is 18.1 Å². The zero-order valence-electron chi connectivity index (χ0n) is 9.10. The van der Waals surface area contributed by atoms with Gasteiger partial charge in [-0.15, -0.1) is 0 Å². The predicted molar refractivity (Wildman–Crippen MR) is 63.5 cm³/mol. The van der Waals surface area contributed by atoms with Gasteiger partial charge in [0.25, 0.3) is 0 Å². The lowest BCUT2D eigenvalue weighted by Gasteiger charge is -2.07. The Labute approximate surface area is 103 Å². The first-order chi connectivity index (χ1) is 8.15. The van der Waals surface area contributed by atoms with Crippen LogP contribution >= 0.6 is 11.6 Å². The highest BCUT2D eigenvalue weighted by Gasteiger charge is 2.14. The Morgan fingerprint density at radius 2 is 2.12 bits per heavy atom. The van der Waals surface area contributed by atoms with Crippen molar-refractivity contribution in [3.05, 3.63) is 33.3 Å². The molecule has 1 aromatic carbocycles. The maximum atomic E-state index is 10.7. The van der Waals surface area contributed by atoms with Gasteiger partial charge in [0.1, 0.15) is 6.61 Å². The summed E-state index contributed by atoms with van der Waals surface area (Å²) in [7, 11) is 0. The second-order valence-corrected chi connectivity index (χ2v) is 3.56. The fourth-order valence-corrected chi connectivity index (χ4v) is 1.31. The fourth-order valence-electron chi connectivity index (χ4n) is 1.15. The van der Waals surface area contributed by atoms with Gasteiger partial charge < -0.3 is 15.2 Å². The van der Waals surface area contributed by atoms with E-state index in [-0.39, 0.29) is 18.0 Å². The molecule has 0 aliphatic rings. The topological polar surface area (TPSA) is 87.6 Å². The number of hydrogen-bond acceptors (Lipinski definition) is 5. The minimum atomic E-state index is -0.521. The molecule has 0 amide bonds. The van der Waals surface area contributed by atoms with E-state index in [1.54, 1.807) is 0 Å². The summed E-state index contributed by atoms with van der Waals surface area (Å²) >= 11 is 5.73. The van der Waals surface area contributed by atoms with Crippen LogP contribution in [-0.4, -0.2) is 31.3 Å². The Morgan fingerprint density at radius 1 is 1.35 bits per heavy atom. The van der Waals surface area contributed by atoms with Crippen LogP contribution in [-0.2, 0) is 4.74 Å². The molecule has 0 atom stereocenters. The van der Waals surface area contributed by atoms with Gasteiger partial charge in [-0.1, -0.05) is 11.6 Å². The van der Waals surface area contributed by atoms with Crippen molar-refractivity contribution < 1.29 is 14.4 Å². The van der Waals surface area contributed by atoms with Crippen molar-refractivity contribution in [2.75, 3.05) is 26.4 Å². The van der Waals surface area contributed by atoms with Crippen LogP contribution in [0.5, 0.6) is 5.75 Å². The largest absolute Gasteiger partial charge is 0.484 e. The zero-order valence-corrected chi connectivity index (χ0v) is 9.85. The second-order valence-electron chi connectivity index (χ2n) is 3.12. The Morgan fingerprint density at radius 3 is 2.76 bits per heavy atom. The Balaban J connectivity index is 2.56. The highest BCUT2D eigenvalue weighted by atomic mass is 35.5. The number of ether oxygens (including phenoxy) is 2. The molecule has 0 heterocycles. The highest BCUT2D eigenvalue weighted by Crippen LogP contribution is 2.29. The van der Waals surface area contributed by atoms with Crippen LogP contribution in [0.15, 0.2) is 18.2 Å². The van der Waals surface area contributed by atoms with Crippen LogP contribution in [0.25, 0.3) is 0 Å². The number of nitrogens with zero attached hydrogens (tertiary/aromatic N) is 1. The van der Waals surface area contributed by atoms with Crippen LogP contribution in [0.4, 0.5) is 5.69 Å². The average Bonchev–Trinajstić information content (AvgIpc) is 2.28. The first-order valence-electron chi connectivity index (χ1n) is 4.99. The lowest BCUT2D eigenvalue weighted by atomic mass is 10.3. The lowest BCUT2D eigenvalue weighted by Crippen LogP contribution is -2.13. The predicted octanol–water partition coefficient (Wildman–Crippen LogP) is 1.60. The van der Waals surface area contributed by atoms with Crippen molar-refractivity contribution in [2.45, 2.75) is 0 Å². The molecule has 94 valence electrons. The minimum Gasteiger partial charge on any atom is -0.484 e. The monoisotopic (exact) mass is 260 g/mol. The molecule has 0 aromatic heterocycles. The SMILES string of the molecule is NCCOCCOc1cc(Cl)ccc1[N+](=O)[O-]. The van der Waals surface area contributed by atoms with Crippen LogP contribution in [0.3, 0.4) is 0 Å². The van der Waals surface area contributed by atoms with Gasteiger partial charge in [-0.3, -0.25) is 10.1 Å². The Kier molecular flexibility index (Phi) is 5.68. The number of nitro benzene ring substituents is 1. The van der Waals surface area contributed by atoms with Gasteiger partial charge >= 0.3 is 5.69 Å². The number of nitrogens with two attached hydrogens (primary N) is 1. The summed E-state index contributed by atoms with van der Waals surface area (Å²) in [5.74, 6) is 0.138. The summed E-state index contributed by atoms with van der Waals surface area (Å²) in [5, 5.41) is 11.1. The molecule has 0 fully saturated rings. The van der Waals surface area contributed by atoms with Crippen molar-refractivity contribution in [3.63, 3.8) is 0 Å². The maximum Gasteiger partial charge on any atom is 0.311 e. The second kappa shape index (κ2) is 7.05. The van der Waals surface area contributed by atoms with Gasteiger partial charge in [0, 0.05) is 23.7 Å². The molecule has 0 aliphatic carbocycles. The number of halogens is 1. The third-order valence-corrected chi connectivity index (χ3v) is 2.10. The lowest BCUT2D eigenvalue weighted by molar-refractivity contribution is -0.385. The number of rotatable bonds is 7. The molecular formula is C10H13ClN2O4. The molecule has 0 saturated heterocycles. The normalized spacial score (nSPS) is 10.2. The van der Waals surface area contributed by atoms with Crippen molar-refractivity contribution in [1.82, 2.24) is 0 Å². The van der Waals surface area contributed by atoms with E-state index in [0.717, 1.165) is 0 Å². The molecule has 0 saturated carbocycles. The number of hydrogen-bond donors (Lipinski definition) is 1. The quantitative estimate of drug-likeness (QED) is 0.457. The molecule has 0 aliphatic heterocycles. The molecule has 0 unspecified atom stereocenters. The van der Waals surface area contributed by atoms with Gasteiger partial charge in [0.2, 0.25) is 0 Å². The molecule has 0 radical (unpaired) electrons. The van der Waals surface area contributed by atoms with Crippen molar-refractivity contribution in [3.8, 4) is 5.75 Å². The Hall–Kier alpha value is -1.37. The van der Waals surface area contributed by atoms with Crippen LogP contribution in [0.1, 0.15) is 0 Å². The molecule has 1 aromatic rings. The van der Waals surface area contributed by atoms with Crippen molar-refractivity contribution in [2.24, 2.45) is 5.73 Å². The van der Waals surface area contributed by atoms with Crippen LogP contribution < -0.4 is 10.5 Å². The summed E-state index contributed by atoms with van der Waals surface area (Å²) in [4.78, 5) is 10.2. The Bertz CT molecular complexity index is 387. The first-order valence-corrected chi connectivity index (χ1v) is 5.37. The third kappa shape index (κ3) is 4.56. The van der Waals surface area contributed by atoms with E-state index in [4.69, 9.17) is 26.8 Å². The molecule has 17 heavy (non-hydrogen) atoms. The van der Waals surface area contributed by atoms with Crippen molar-refractivity contribution >= 4 is 17.3 Å². The van der Waals surface area contributed by atoms with E-state index in [1.807, 2.05) is 0 Å². The van der Waals surface area contributed by atoms with Gasteiger partial charge in [-0.05, 0) is 6.07 Å². The van der Waals surface area contributed by atoms with Crippen LogP contribution in [0, 0.1) is 10.1 Å². The summed E-state index contributed by atoms with van der Waals surface area (Å²) in [6, 6.07) is 4.15. The maximum absolute atomic E-state index is 10.7. The molecule has 6 nitrogen and oxygen atoms in total. The summed E-state index contributed by atoms with van der Waals surface area (Å²) < 4.78 is 10.3. The number of benzene rings is 1. The minimum absolute atomic E-state index is 0.117. The molecular weight excluding hydrogens is 248 g/mol. The van der Waals surface area contributed by atoms with Crippen LogP contribution in [0.2, 0.25) is 5.02 Å². The highest BCUT2D eigenvalue weighted by molar-refractivity contribution is 6.30. The van der Waals surface area contributed by atoms with E-state index in [1.165, 1.54) is 18.2 Å². The number of nitro groups is 1. The van der Waals surface area contributed by atoms with E-state index in [2.05, 4.69) is 0 Å². The molecule has 1 rings (SSSR count). The van der Waals surface area contributed by atoms with E-state index >= 15 is 0 Å². The smallest absolute Gasteiger partial charge is 0.311 e. The van der Waals surface area contributed by atoms with E-state index in [0.29, 0.717) is 24.8 Å². The van der Waals surface area contributed by atoms with Crippen molar-refractivity contribution in [1.29, 1.82) is 0 Å². The van der Waals surface area contributed by atoms with Gasteiger partial charge in [0.15, 0.2) is 5.75 Å². The molecule has 7 heteroatoms. The standard InChI is InChI=1S/C10H13ClN2O4/c11-8-1-2-9(13(14)15)10(7-8)17-6-5-16-4-3-12/h1-2,7H,3-6,12H2. The summed E-state index contributed by atoms with van der Waals surface area (Å²) in [5.41, 5.74) is 5.12. The molecule has 0 bridgehead atoms. The van der Waals surface area contributed by atoms with Gasteiger partial charge in [-0.2, -0.15) is 0 Å². The average molecular weight is 261 g/mol. The molecule has 2 N–H and O–H groups in total. The van der Waals surface area contributed by atoms with Gasteiger partial charge in [-0.25, -0.2) is 0 Å². The summed E-state index contributed by atoms with van der Waals surface area (Å²) in [6.07, 6.45) is 0. The van der Waals surface area contributed by atoms with E-state index < -0.39 is 4.92 Å². The zero-order chi connectivity index (χ0) is 12.7. The fraction of sp³-hybridized carbons (Fsp3) is 0.400.